The first-order valence-corrected chi connectivity index (χ1v) is 7.01. The van der Waals surface area contributed by atoms with Crippen molar-refractivity contribution in [3.63, 3.8) is 0 Å². The highest BCUT2D eigenvalue weighted by atomic mass is 16.4. The van der Waals surface area contributed by atoms with Gasteiger partial charge in [-0.15, -0.1) is 0 Å². The predicted molar refractivity (Wildman–Crippen MR) is 76.1 cm³/mol. The highest BCUT2D eigenvalue weighted by Crippen LogP contribution is 2.24. The molecule has 1 aliphatic heterocycles. The van der Waals surface area contributed by atoms with Gasteiger partial charge in [-0.2, -0.15) is 0 Å². The van der Waals surface area contributed by atoms with Crippen LogP contribution in [0.15, 0.2) is 24.3 Å². The summed E-state index contributed by atoms with van der Waals surface area (Å²) < 4.78 is 0. The molecule has 0 saturated heterocycles. The third kappa shape index (κ3) is 3.57. The van der Waals surface area contributed by atoms with E-state index < -0.39 is 11.4 Å². The molecule has 104 valence electrons. The topological polar surface area (TPSA) is 40.5 Å². The second-order valence-electron chi connectivity index (χ2n) is 6.09. The van der Waals surface area contributed by atoms with E-state index in [1.54, 1.807) is 13.8 Å². The molecule has 1 heterocycles. The average Bonchev–Trinajstić information content (AvgIpc) is 2.38. The van der Waals surface area contributed by atoms with Crippen LogP contribution in [0.25, 0.3) is 0 Å². The van der Waals surface area contributed by atoms with E-state index in [2.05, 4.69) is 29.2 Å². The Morgan fingerprint density at radius 1 is 1.32 bits per heavy atom. The van der Waals surface area contributed by atoms with Crippen LogP contribution in [0.4, 0.5) is 0 Å². The summed E-state index contributed by atoms with van der Waals surface area (Å²) in [5.41, 5.74) is 2.28. The van der Waals surface area contributed by atoms with E-state index >= 15 is 0 Å². The molecule has 1 N–H and O–H groups in total. The van der Waals surface area contributed by atoms with Gasteiger partial charge < -0.3 is 5.11 Å². The van der Waals surface area contributed by atoms with Gasteiger partial charge in [-0.1, -0.05) is 24.3 Å². The van der Waals surface area contributed by atoms with Crippen molar-refractivity contribution in [2.75, 3.05) is 13.1 Å². The van der Waals surface area contributed by atoms with Crippen molar-refractivity contribution in [3.05, 3.63) is 35.4 Å². The van der Waals surface area contributed by atoms with Crippen LogP contribution in [0.1, 0.15) is 37.8 Å². The Labute approximate surface area is 115 Å². The van der Waals surface area contributed by atoms with Gasteiger partial charge in [0.25, 0.3) is 0 Å². The molecule has 0 saturated carbocycles. The molecule has 0 amide bonds. The number of fused-ring (bicyclic) bond motifs is 1. The molecular weight excluding hydrogens is 238 g/mol. The highest BCUT2D eigenvalue weighted by Gasteiger charge is 2.26. The number of carbonyl (C=O) groups is 1. The van der Waals surface area contributed by atoms with Crippen molar-refractivity contribution in [1.29, 1.82) is 0 Å². The smallest absolute Gasteiger partial charge is 0.309 e. The van der Waals surface area contributed by atoms with Gasteiger partial charge in [-0.3, -0.25) is 9.69 Å². The Bertz CT molecular complexity index is 454. The Hall–Kier alpha value is -1.35. The third-order valence-electron chi connectivity index (χ3n) is 4.06. The summed E-state index contributed by atoms with van der Waals surface area (Å²) in [4.78, 5) is 13.5. The first kappa shape index (κ1) is 14.1. The quantitative estimate of drug-likeness (QED) is 0.886. The number of nitrogens with zero attached hydrogens (tertiary/aromatic N) is 1. The van der Waals surface area contributed by atoms with E-state index in [-0.39, 0.29) is 0 Å². The Balaban J connectivity index is 1.82. The molecule has 19 heavy (non-hydrogen) atoms. The van der Waals surface area contributed by atoms with Gasteiger partial charge in [-0.05, 0) is 50.8 Å². The zero-order valence-electron chi connectivity index (χ0n) is 11.9. The van der Waals surface area contributed by atoms with Crippen molar-refractivity contribution < 1.29 is 9.90 Å². The summed E-state index contributed by atoms with van der Waals surface area (Å²) in [5, 5.41) is 9.09. The third-order valence-corrected chi connectivity index (χ3v) is 4.06. The van der Waals surface area contributed by atoms with Crippen molar-refractivity contribution in [1.82, 2.24) is 4.90 Å². The van der Waals surface area contributed by atoms with Crippen molar-refractivity contribution in [2.24, 2.45) is 5.41 Å². The molecule has 1 aromatic rings. The lowest BCUT2D eigenvalue weighted by atomic mass is 9.88. The van der Waals surface area contributed by atoms with Gasteiger partial charge in [0.05, 0.1) is 5.41 Å². The Kier molecular flexibility index (Phi) is 4.25. The number of hydrogen-bond donors (Lipinski definition) is 1. The van der Waals surface area contributed by atoms with Crippen LogP contribution in [0, 0.1) is 5.41 Å². The molecule has 0 atom stereocenters. The minimum atomic E-state index is -0.698. The summed E-state index contributed by atoms with van der Waals surface area (Å²) in [5.74, 6) is -0.698. The fraction of sp³-hybridized carbons (Fsp3) is 0.562. The molecule has 0 aliphatic carbocycles. The number of carboxylic acid groups (broad SMARTS) is 1. The maximum absolute atomic E-state index is 11.1. The minimum absolute atomic E-state index is 0.603. The van der Waals surface area contributed by atoms with Gasteiger partial charge in [0, 0.05) is 13.1 Å². The lowest BCUT2D eigenvalue weighted by Gasteiger charge is -2.29. The van der Waals surface area contributed by atoms with Gasteiger partial charge in [0.15, 0.2) is 0 Å². The molecule has 3 heteroatoms. The van der Waals surface area contributed by atoms with Crippen molar-refractivity contribution >= 4 is 5.97 Å². The van der Waals surface area contributed by atoms with Gasteiger partial charge in [0.1, 0.15) is 0 Å². The van der Waals surface area contributed by atoms with E-state index in [0.717, 1.165) is 38.9 Å². The molecule has 3 nitrogen and oxygen atoms in total. The maximum Gasteiger partial charge on any atom is 0.309 e. The minimum Gasteiger partial charge on any atom is -0.481 e. The standard InChI is InChI=1S/C16H23NO2/c1-16(2,15(18)19)9-5-10-17-11-8-13-6-3-4-7-14(13)12-17/h3-4,6-7H,5,8-12H2,1-2H3,(H,18,19). The van der Waals surface area contributed by atoms with Crippen LogP contribution < -0.4 is 0 Å². The van der Waals surface area contributed by atoms with Crippen molar-refractivity contribution in [3.8, 4) is 0 Å². The largest absolute Gasteiger partial charge is 0.481 e. The van der Waals surface area contributed by atoms with Crippen LogP contribution in [-0.2, 0) is 17.8 Å². The molecule has 0 unspecified atom stereocenters. The first-order valence-electron chi connectivity index (χ1n) is 7.01. The summed E-state index contributed by atoms with van der Waals surface area (Å²) in [7, 11) is 0. The summed E-state index contributed by atoms with van der Waals surface area (Å²) >= 11 is 0. The molecular formula is C16H23NO2. The summed E-state index contributed by atoms with van der Waals surface area (Å²) in [6.07, 6.45) is 2.79. The van der Waals surface area contributed by atoms with Gasteiger partial charge in [-0.25, -0.2) is 0 Å². The fourth-order valence-electron chi connectivity index (χ4n) is 2.60. The zero-order chi connectivity index (χ0) is 13.9. The monoisotopic (exact) mass is 261 g/mol. The SMILES string of the molecule is CC(C)(CCCN1CCc2ccccc2C1)C(=O)O. The number of carboxylic acids is 1. The van der Waals surface area contributed by atoms with Crippen LogP contribution in [-0.4, -0.2) is 29.1 Å². The second kappa shape index (κ2) is 5.74. The molecule has 1 aliphatic rings. The van der Waals surface area contributed by atoms with E-state index in [4.69, 9.17) is 5.11 Å². The maximum atomic E-state index is 11.1. The Morgan fingerprint density at radius 3 is 2.68 bits per heavy atom. The average molecular weight is 261 g/mol. The van der Waals surface area contributed by atoms with E-state index in [0.29, 0.717) is 0 Å². The molecule has 0 spiro atoms. The van der Waals surface area contributed by atoms with E-state index in [1.807, 2.05) is 0 Å². The van der Waals surface area contributed by atoms with Crippen LogP contribution in [0.5, 0.6) is 0 Å². The molecule has 0 aromatic heterocycles. The number of aliphatic carboxylic acids is 1. The van der Waals surface area contributed by atoms with Gasteiger partial charge in [0.2, 0.25) is 0 Å². The molecule has 0 fully saturated rings. The molecule has 1 aromatic carbocycles. The number of hydrogen-bond acceptors (Lipinski definition) is 2. The number of rotatable bonds is 5. The second-order valence-corrected chi connectivity index (χ2v) is 6.09. The number of benzene rings is 1. The zero-order valence-corrected chi connectivity index (χ0v) is 11.9. The Morgan fingerprint density at radius 2 is 2.00 bits per heavy atom. The summed E-state index contributed by atoms with van der Waals surface area (Å²) in [6, 6.07) is 8.60. The predicted octanol–water partition coefficient (Wildman–Crippen LogP) is 2.94. The van der Waals surface area contributed by atoms with Crippen molar-refractivity contribution in [2.45, 2.75) is 39.7 Å². The van der Waals surface area contributed by atoms with E-state index in [1.165, 1.54) is 11.1 Å². The lowest BCUT2D eigenvalue weighted by molar-refractivity contribution is -0.147. The van der Waals surface area contributed by atoms with Crippen LogP contribution in [0.3, 0.4) is 0 Å². The molecule has 2 rings (SSSR count). The van der Waals surface area contributed by atoms with Gasteiger partial charge >= 0.3 is 5.97 Å². The lowest BCUT2D eigenvalue weighted by Crippen LogP contribution is -2.32. The molecule has 0 bridgehead atoms. The van der Waals surface area contributed by atoms with Crippen LogP contribution >= 0.6 is 0 Å². The fourth-order valence-corrected chi connectivity index (χ4v) is 2.60. The highest BCUT2D eigenvalue weighted by molar-refractivity contribution is 5.73. The van der Waals surface area contributed by atoms with Crippen LogP contribution in [0.2, 0.25) is 0 Å². The normalized spacial score (nSPS) is 16.1. The summed E-state index contributed by atoms with van der Waals surface area (Å²) in [6.45, 7) is 6.70. The van der Waals surface area contributed by atoms with E-state index in [9.17, 15) is 4.79 Å². The molecule has 0 radical (unpaired) electrons. The first-order chi connectivity index (χ1) is 8.99.